The molecular formula is C28H36FN5O3. The minimum Gasteiger partial charge on any atom is -0.464 e. The van der Waals surface area contributed by atoms with Gasteiger partial charge in [0.2, 0.25) is 5.89 Å². The summed E-state index contributed by atoms with van der Waals surface area (Å²) in [5.41, 5.74) is 2.47. The highest BCUT2D eigenvalue weighted by Gasteiger charge is 2.21. The molecule has 0 N–H and O–H groups in total. The minimum atomic E-state index is -0.622. The van der Waals surface area contributed by atoms with Crippen LogP contribution in [0.3, 0.4) is 0 Å². The van der Waals surface area contributed by atoms with Crippen LogP contribution < -0.4 is 9.64 Å². The predicted molar refractivity (Wildman–Crippen MR) is 141 cm³/mol. The molecular weight excluding hydrogens is 473 g/mol. The van der Waals surface area contributed by atoms with Crippen LogP contribution in [0.2, 0.25) is 0 Å². The van der Waals surface area contributed by atoms with Crippen molar-refractivity contribution in [3.8, 4) is 17.1 Å². The van der Waals surface area contributed by atoms with Crippen molar-refractivity contribution in [1.29, 1.82) is 0 Å². The fourth-order valence-electron chi connectivity index (χ4n) is 3.67. The van der Waals surface area contributed by atoms with Crippen LogP contribution >= 0.6 is 0 Å². The van der Waals surface area contributed by atoms with Crippen LogP contribution in [-0.2, 0) is 16.6 Å². The number of halogens is 1. The van der Waals surface area contributed by atoms with Crippen molar-refractivity contribution >= 4 is 11.6 Å². The molecule has 0 saturated carbocycles. The Morgan fingerprint density at radius 1 is 1.14 bits per heavy atom. The van der Waals surface area contributed by atoms with Crippen LogP contribution in [-0.4, -0.2) is 45.8 Å². The molecule has 3 rings (SSSR count). The first kappa shape index (κ1) is 28.0. The van der Waals surface area contributed by atoms with Crippen LogP contribution in [0.4, 0.5) is 10.1 Å². The van der Waals surface area contributed by atoms with Crippen molar-refractivity contribution < 1.29 is 18.4 Å². The third-order valence-electron chi connectivity index (χ3n) is 5.75. The first-order chi connectivity index (χ1) is 17.7. The molecule has 0 saturated heterocycles. The van der Waals surface area contributed by atoms with E-state index in [0.717, 1.165) is 30.4 Å². The molecule has 8 nitrogen and oxygen atoms in total. The van der Waals surface area contributed by atoms with E-state index < -0.39 is 6.67 Å². The smallest absolute Gasteiger partial charge is 0.316 e. The van der Waals surface area contributed by atoms with Gasteiger partial charge in [-0.3, -0.25) is 9.18 Å². The number of nitrogens with zero attached hydrogens (tertiary/aromatic N) is 5. The third-order valence-corrected chi connectivity index (χ3v) is 5.75. The molecule has 0 bridgehead atoms. The Hall–Kier alpha value is -3.62. The second-order valence-electron chi connectivity index (χ2n) is 9.81. The highest BCUT2D eigenvalue weighted by molar-refractivity contribution is 6.05. The molecule has 2 heterocycles. The number of hydrogen-bond acceptors (Lipinski definition) is 7. The topological polar surface area (TPSA) is 94.2 Å². The van der Waals surface area contributed by atoms with Crippen LogP contribution in [0, 0.1) is 0 Å². The summed E-state index contributed by atoms with van der Waals surface area (Å²) in [6.07, 6.45) is 6.53. The lowest BCUT2D eigenvalue weighted by Crippen LogP contribution is -2.33. The number of unbranched alkanes of at least 4 members (excludes halogenated alkanes) is 2. The van der Waals surface area contributed by atoms with Crippen molar-refractivity contribution in [2.45, 2.75) is 65.2 Å². The molecule has 0 spiro atoms. The average molecular weight is 510 g/mol. The van der Waals surface area contributed by atoms with Gasteiger partial charge in [0, 0.05) is 54.0 Å². The number of alkyl halides is 1. The first-order valence-corrected chi connectivity index (χ1v) is 12.7. The molecule has 9 heteroatoms. The van der Waals surface area contributed by atoms with E-state index in [1.165, 1.54) is 0 Å². The van der Waals surface area contributed by atoms with Gasteiger partial charge in [-0.05, 0) is 37.5 Å². The van der Waals surface area contributed by atoms with E-state index in [1.54, 1.807) is 17.3 Å². The standard InChI is InChI=1S/C28H36FN5O3/c1-6-36-27-30-18-22(19-31-27)21-11-10-12-23(17-21)34(25(35)20(2)14-15-29)16-9-7-8-13-24-32-26(33-37-24)28(3,4)5/h10-12,17-19H,2,6-9,13-16H2,1,3-5H3. The maximum Gasteiger partial charge on any atom is 0.316 e. The van der Waals surface area contributed by atoms with E-state index in [2.05, 4.69) is 26.7 Å². The Labute approximate surface area is 218 Å². The molecule has 1 aromatic carbocycles. The van der Waals surface area contributed by atoms with Crippen LogP contribution in [0.25, 0.3) is 11.1 Å². The Morgan fingerprint density at radius 2 is 1.89 bits per heavy atom. The van der Waals surface area contributed by atoms with Crippen molar-refractivity contribution in [1.82, 2.24) is 20.1 Å². The predicted octanol–water partition coefficient (Wildman–Crippen LogP) is 5.88. The summed E-state index contributed by atoms with van der Waals surface area (Å²) in [5, 5.41) is 4.07. The number of ether oxygens (including phenoxy) is 1. The van der Waals surface area contributed by atoms with Crippen molar-refractivity contribution in [2.75, 3.05) is 24.7 Å². The van der Waals surface area contributed by atoms with E-state index >= 15 is 0 Å². The van der Waals surface area contributed by atoms with Gasteiger partial charge in [-0.25, -0.2) is 9.97 Å². The monoisotopic (exact) mass is 509 g/mol. The minimum absolute atomic E-state index is 0.00896. The number of anilines is 1. The van der Waals surface area contributed by atoms with E-state index in [-0.39, 0.29) is 23.3 Å². The number of aryl methyl sites for hydroxylation is 1. The van der Waals surface area contributed by atoms with Gasteiger partial charge in [0.25, 0.3) is 5.91 Å². The third kappa shape index (κ3) is 7.93. The second kappa shape index (κ2) is 13.1. The largest absolute Gasteiger partial charge is 0.464 e. The van der Waals surface area contributed by atoms with Crippen molar-refractivity contribution in [2.24, 2.45) is 0 Å². The summed E-state index contributed by atoms with van der Waals surface area (Å²) in [4.78, 5) is 27.8. The summed E-state index contributed by atoms with van der Waals surface area (Å²) in [6, 6.07) is 7.90. The molecule has 3 aromatic rings. The van der Waals surface area contributed by atoms with E-state index in [4.69, 9.17) is 9.26 Å². The molecule has 0 radical (unpaired) electrons. The van der Waals surface area contributed by atoms with Crippen LogP contribution in [0.1, 0.15) is 65.1 Å². The summed E-state index contributed by atoms with van der Waals surface area (Å²) in [5.74, 6) is 1.05. The zero-order valence-electron chi connectivity index (χ0n) is 22.2. The van der Waals surface area contributed by atoms with Crippen molar-refractivity contribution in [3.05, 3.63) is 60.5 Å². The maximum atomic E-state index is 13.2. The van der Waals surface area contributed by atoms with Crippen LogP contribution in [0.5, 0.6) is 6.01 Å². The van der Waals surface area contributed by atoms with E-state index in [0.29, 0.717) is 43.0 Å². The van der Waals surface area contributed by atoms with Gasteiger partial charge in [0.15, 0.2) is 5.82 Å². The summed E-state index contributed by atoms with van der Waals surface area (Å²) >= 11 is 0. The highest BCUT2D eigenvalue weighted by atomic mass is 19.1. The lowest BCUT2D eigenvalue weighted by molar-refractivity contribution is -0.115. The Bertz CT molecular complexity index is 1170. The van der Waals surface area contributed by atoms with Gasteiger partial charge < -0.3 is 14.2 Å². The number of carbonyl (C=O) groups excluding carboxylic acids is 1. The van der Waals surface area contributed by atoms with E-state index in [9.17, 15) is 9.18 Å². The number of hydrogen-bond donors (Lipinski definition) is 0. The van der Waals surface area contributed by atoms with Crippen molar-refractivity contribution in [3.63, 3.8) is 0 Å². The lowest BCUT2D eigenvalue weighted by atomic mass is 9.96. The summed E-state index contributed by atoms with van der Waals surface area (Å²) < 4.78 is 23.6. The zero-order chi connectivity index (χ0) is 26.8. The average Bonchev–Trinajstić information content (AvgIpc) is 3.36. The molecule has 1 amide bonds. The number of carbonyl (C=O) groups is 1. The first-order valence-electron chi connectivity index (χ1n) is 12.7. The SMILES string of the molecule is C=C(CCF)C(=O)N(CCCCCc1nc(C(C)(C)C)no1)c1cccc(-c2cnc(OCC)nc2)c1. The van der Waals surface area contributed by atoms with Gasteiger partial charge in [0.1, 0.15) is 0 Å². The molecule has 0 aliphatic heterocycles. The Balaban J connectivity index is 1.68. The molecule has 0 atom stereocenters. The summed E-state index contributed by atoms with van der Waals surface area (Å²) in [7, 11) is 0. The molecule has 0 fully saturated rings. The van der Waals surface area contributed by atoms with Crippen LogP contribution in [0.15, 0.2) is 53.3 Å². The molecule has 2 aromatic heterocycles. The fraction of sp³-hybridized carbons (Fsp3) is 0.464. The molecule has 198 valence electrons. The number of amides is 1. The zero-order valence-corrected chi connectivity index (χ0v) is 22.2. The molecule has 37 heavy (non-hydrogen) atoms. The number of benzene rings is 1. The second-order valence-corrected chi connectivity index (χ2v) is 9.81. The van der Waals surface area contributed by atoms with Gasteiger partial charge in [-0.2, -0.15) is 4.98 Å². The normalized spacial score (nSPS) is 11.4. The van der Waals surface area contributed by atoms with Gasteiger partial charge >= 0.3 is 6.01 Å². The highest BCUT2D eigenvalue weighted by Crippen LogP contribution is 2.26. The molecule has 0 aliphatic carbocycles. The fourth-order valence-corrected chi connectivity index (χ4v) is 3.67. The van der Waals surface area contributed by atoms with Gasteiger partial charge in [-0.15, -0.1) is 0 Å². The Morgan fingerprint density at radius 3 is 2.54 bits per heavy atom. The summed E-state index contributed by atoms with van der Waals surface area (Å²) in [6.45, 7) is 12.2. The van der Waals surface area contributed by atoms with E-state index in [1.807, 2.05) is 52.0 Å². The number of aromatic nitrogens is 4. The quantitative estimate of drug-likeness (QED) is 0.210. The van der Waals surface area contributed by atoms with Gasteiger partial charge in [-0.1, -0.05) is 51.1 Å². The molecule has 0 unspecified atom stereocenters. The number of rotatable bonds is 13. The maximum absolute atomic E-state index is 13.2. The lowest BCUT2D eigenvalue weighted by Gasteiger charge is -2.24. The Kier molecular flexibility index (Phi) is 9.88. The molecule has 0 aliphatic rings. The van der Waals surface area contributed by atoms with Gasteiger partial charge in [0.05, 0.1) is 13.3 Å².